The van der Waals surface area contributed by atoms with Gasteiger partial charge in [0.1, 0.15) is 0 Å². The van der Waals surface area contributed by atoms with Gasteiger partial charge in [0, 0.05) is 11.1 Å². The summed E-state index contributed by atoms with van der Waals surface area (Å²) in [6, 6.07) is 23.8. The Hall–Kier alpha value is -2.67. The van der Waals surface area contributed by atoms with Crippen molar-refractivity contribution in [2.24, 2.45) is 0 Å². The molecule has 0 bridgehead atoms. The number of carbonyl (C=O) groups excluding carboxylic acids is 1. The molecule has 0 aliphatic heterocycles. The molecule has 0 aliphatic rings. The van der Waals surface area contributed by atoms with Gasteiger partial charge in [0.25, 0.3) is 0 Å². The van der Waals surface area contributed by atoms with Crippen molar-refractivity contribution >= 4 is 5.78 Å². The summed E-state index contributed by atoms with van der Waals surface area (Å²) in [7, 11) is 0. The molecule has 22 heavy (non-hydrogen) atoms. The predicted octanol–water partition coefficient (Wildman–Crippen LogP) is 5.20. The van der Waals surface area contributed by atoms with E-state index in [-0.39, 0.29) is 5.78 Å². The molecule has 3 rings (SSSR count). The van der Waals surface area contributed by atoms with Gasteiger partial charge < -0.3 is 0 Å². The van der Waals surface area contributed by atoms with Gasteiger partial charge >= 0.3 is 0 Å². The first kappa shape index (κ1) is 14.3. The smallest absolute Gasteiger partial charge is 0.193 e. The second kappa shape index (κ2) is 5.98. The maximum Gasteiger partial charge on any atom is 0.193 e. The Balaban J connectivity index is 2.06. The summed E-state index contributed by atoms with van der Waals surface area (Å²) in [6.07, 6.45) is 0. The van der Waals surface area contributed by atoms with Gasteiger partial charge in [0.05, 0.1) is 0 Å². The molecule has 0 N–H and O–H groups in total. The lowest BCUT2D eigenvalue weighted by Crippen LogP contribution is -2.03. The Kier molecular flexibility index (Phi) is 3.88. The van der Waals surface area contributed by atoms with Crippen molar-refractivity contribution in [3.05, 3.63) is 95.1 Å². The summed E-state index contributed by atoms with van der Waals surface area (Å²) in [5.41, 5.74) is 5.89. The van der Waals surface area contributed by atoms with Crippen LogP contribution in [-0.4, -0.2) is 5.78 Å². The fourth-order valence-corrected chi connectivity index (χ4v) is 2.53. The molecular formula is C21H18O. The zero-order valence-electron chi connectivity index (χ0n) is 12.8. The van der Waals surface area contributed by atoms with Crippen molar-refractivity contribution in [2.75, 3.05) is 0 Å². The van der Waals surface area contributed by atoms with Crippen molar-refractivity contribution in [2.45, 2.75) is 13.8 Å². The van der Waals surface area contributed by atoms with E-state index >= 15 is 0 Å². The lowest BCUT2D eigenvalue weighted by Gasteiger charge is -2.09. The third kappa shape index (κ3) is 2.84. The first-order valence-corrected chi connectivity index (χ1v) is 7.42. The van der Waals surface area contributed by atoms with Gasteiger partial charge in [-0.15, -0.1) is 0 Å². The van der Waals surface area contributed by atoms with Crippen LogP contribution in [0.5, 0.6) is 0 Å². The van der Waals surface area contributed by atoms with Gasteiger partial charge in [-0.05, 0) is 25.0 Å². The lowest BCUT2D eigenvalue weighted by molar-refractivity contribution is 0.103. The summed E-state index contributed by atoms with van der Waals surface area (Å²) in [5.74, 6) is 0.0659. The van der Waals surface area contributed by atoms with Crippen molar-refractivity contribution in [3.63, 3.8) is 0 Å². The Morgan fingerprint density at radius 1 is 0.682 bits per heavy atom. The van der Waals surface area contributed by atoms with E-state index in [9.17, 15) is 4.79 Å². The van der Waals surface area contributed by atoms with Crippen molar-refractivity contribution in [3.8, 4) is 11.1 Å². The zero-order chi connectivity index (χ0) is 15.5. The first-order chi connectivity index (χ1) is 10.6. The highest BCUT2D eigenvalue weighted by atomic mass is 16.1. The van der Waals surface area contributed by atoms with Crippen molar-refractivity contribution in [1.82, 2.24) is 0 Å². The molecule has 3 aromatic carbocycles. The normalized spacial score (nSPS) is 10.5. The van der Waals surface area contributed by atoms with E-state index in [0.717, 1.165) is 27.8 Å². The van der Waals surface area contributed by atoms with E-state index in [2.05, 4.69) is 31.2 Å². The number of hydrogen-bond donors (Lipinski definition) is 0. The van der Waals surface area contributed by atoms with Crippen LogP contribution in [0.4, 0.5) is 0 Å². The molecule has 0 heterocycles. The average Bonchev–Trinajstić information content (AvgIpc) is 2.56. The standard InChI is InChI=1S/C21H18O/c1-15-7-11-17(12-8-15)19-5-3-4-6-20(19)21(22)18-13-9-16(2)10-14-18/h3-14H,1-2H3. The summed E-state index contributed by atoms with van der Waals surface area (Å²) in [4.78, 5) is 12.8. The van der Waals surface area contributed by atoms with Gasteiger partial charge in [0.15, 0.2) is 5.78 Å². The van der Waals surface area contributed by atoms with Gasteiger partial charge in [-0.25, -0.2) is 0 Å². The summed E-state index contributed by atoms with van der Waals surface area (Å²) < 4.78 is 0. The molecule has 0 aliphatic carbocycles. The molecule has 0 fully saturated rings. The minimum Gasteiger partial charge on any atom is -0.289 e. The molecule has 0 aromatic heterocycles. The fraction of sp³-hybridized carbons (Fsp3) is 0.0952. The molecule has 0 spiro atoms. The van der Waals surface area contributed by atoms with Crippen LogP contribution in [0, 0.1) is 13.8 Å². The van der Waals surface area contributed by atoms with E-state index in [0.29, 0.717) is 0 Å². The van der Waals surface area contributed by atoms with Crippen LogP contribution >= 0.6 is 0 Å². The van der Waals surface area contributed by atoms with Crippen LogP contribution in [0.3, 0.4) is 0 Å². The van der Waals surface area contributed by atoms with Crippen LogP contribution in [0.15, 0.2) is 72.8 Å². The fourth-order valence-electron chi connectivity index (χ4n) is 2.53. The molecule has 108 valence electrons. The number of hydrogen-bond acceptors (Lipinski definition) is 1. The molecule has 0 saturated heterocycles. The van der Waals surface area contributed by atoms with E-state index in [4.69, 9.17) is 0 Å². The number of rotatable bonds is 3. The summed E-state index contributed by atoms with van der Waals surface area (Å²) >= 11 is 0. The van der Waals surface area contributed by atoms with Gasteiger partial charge in [-0.3, -0.25) is 4.79 Å². The number of aryl methyl sites for hydroxylation is 2. The third-order valence-corrected chi connectivity index (χ3v) is 3.85. The minimum atomic E-state index is 0.0659. The maximum absolute atomic E-state index is 12.8. The molecule has 0 amide bonds. The highest BCUT2D eigenvalue weighted by Crippen LogP contribution is 2.26. The highest BCUT2D eigenvalue weighted by Gasteiger charge is 2.14. The van der Waals surface area contributed by atoms with Gasteiger partial charge in [-0.1, -0.05) is 83.9 Å². The molecule has 1 heteroatoms. The Morgan fingerprint density at radius 3 is 1.86 bits per heavy atom. The van der Waals surface area contributed by atoms with Crippen LogP contribution in [-0.2, 0) is 0 Å². The maximum atomic E-state index is 12.8. The van der Waals surface area contributed by atoms with E-state index in [1.165, 1.54) is 5.56 Å². The summed E-state index contributed by atoms with van der Waals surface area (Å²) in [5, 5.41) is 0. The minimum absolute atomic E-state index is 0.0659. The predicted molar refractivity (Wildman–Crippen MR) is 91.2 cm³/mol. The van der Waals surface area contributed by atoms with Crippen LogP contribution < -0.4 is 0 Å². The van der Waals surface area contributed by atoms with E-state index < -0.39 is 0 Å². The molecule has 0 unspecified atom stereocenters. The second-order valence-electron chi connectivity index (χ2n) is 5.61. The first-order valence-electron chi connectivity index (χ1n) is 7.42. The van der Waals surface area contributed by atoms with Crippen LogP contribution in [0.2, 0.25) is 0 Å². The van der Waals surface area contributed by atoms with E-state index in [1.54, 1.807) is 0 Å². The quantitative estimate of drug-likeness (QED) is 0.605. The largest absolute Gasteiger partial charge is 0.289 e. The number of carbonyl (C=O) groups is 1. The molecule has 0 saturated carbocycles. The average molecular weight is 286 g/mol. The van der Waals surface area contributed by atoms with E-state index in [1.807, 2.05) is 55.5 Å². The van der Waals surface area contributed by atoms with Crippen molar-refractivity contribution < 1.29 is 4.79 Å². The molecule has 0 radical (unpaired) electrons. The van der Waals surface area contributed by atoms with Crippen LogP contribution in [0.1, 0.15) is 27.0 Å². The molecular weight excluding hydrogens is 268 g/mol. The monoisotopic (exact) mass is 286 g/mol. The van der Waals surface area contributed by atoms with Gasteiger partial charge in [0.2, 0.25) is 0 Å². The SMILES string of the molecule is Cc1ccc(C(=O)c2ccccc2-c2ccc(C)cc2)cc1. The Labute approximate surface area is 131 Å². The highest BCUT2D eigenvalue weighted by molar-refractivity contribution is 6.12. The number of ketones is 1. The molecule has 1 nitrogen and oxygen atoms in total. The third-order valence-electron chi connectivity index (χ3n) is 3.85. The van der Waals surface area contributed by atoms with Crippen molar-refractivity contribution in [1.29, 1.82) is 0 Å². The van der Waals surface area contributed by atoms with Gasteiger partial charge in [-0.2, -0.15) is 0 Å². The molecule has 0 atom stereocenters. The van der Waals surface area contributed by atoms with Crippen LogP contribution in [0.25, 0.3) is 11.1 Å². The Bertz CT molecular complexity index is 796. The Morgan fingerprint density at radius 2 is 1.23 bits per heavy atom. The second-order valence-corrected chi connectivity index (χ2v) is 5.61. The summed E-state index contributed by atoms with van der Waals surface area (Å²) in [6.45, 7) is 4.08. The topological polar surface area (TPSA) is 17.1 Å². The number of benzene rings is 3. The zero-order valence-corrected chi connectivity index (χ0v) is 12.8. The lowest BCUT2D eigenvalue weighted by atomic mass is 9.93. The molecule has 3 aromatic rings.